The molecule has 37 heavy (non-hydrogen) atoms. The number of allylic oxidation sites excluding steroid dienone is 1. The summed E-state index contributed by atoms with van der Waals surface area (Å²) in [5.74, 6) is 0.824. The fourth-order valence-electron chi connectivity index (χ4n) is 5.08. The van der Waals surface area contributed by atoms with Crippen molar-refractivity contribution in [2.75, 3.05) is 0 Å². The van der Waals surface area contributed by atoms with Crippen LogP contribution in [0.25, 0.3) is 17.0 Å². The van der Waals surface area contributed by atoms with E-state index in [1.54, 1.807) is 18.6 Å². The van der Waals surface area contributed by atoms with Gasteiger partial charge in [0.2, 0.25) is 0 Å². The molecule has 0 saturated heterocycles. The van der Waals surface area contributed by atoms with Crippen LogP contribution < -0.4 is 5.56 Å². The Morgan fingerprint density at radius 1 is 1.19 bits per heavy atom. The quantitative estimate of drug-likeness (QED) is 0.295. The summed E-state index contributed by atoms with van der Waals surface area (Å²) in [6.45, 7) is -0.331. The van der Waals surface area contributed by atoms with Gasteiger partial charge in [0.1, 0.15) is 24.1 Å². The highest BCUT2D eigenvalue weighted by atomic mass is 16.6. The van der Waals surface area contributed by atoms with E-state index in [0.717, 1.165) is 35.1 Å². The van der Waals surface area contributed by atoms with Crippen molar-refractivity contribution in [3.63, 3.8) is 0 Å². The number of non-ortho nitro benzene ring substituents is 1. The fourth-order valence-corrected chi connectivity index (χ4v) is 5.08. The molecule has 1 aromatic carbocycles. The highest BCUT2D eigenvalue weighted by Gasteiger charge is 2.45. The highest BCUT2D eigenvalue weighted by Crippen LogP contribution is 2.44. The number of hydrazone groups is 1. The summed E-state index contributed by atoms with van der Waals surface area (Å²) in [5, 5.41) is 17.4. The largest absolute Gasteiger partial charge is 0.467 e. The van der Waals surface area contributed by atoms with Gasteiger partial charge in [0.25, 0.3) is 17.2 Å². The normalized spacial score (nSPS) is 20.3. The van der Waals surface area contributed by atoms with E-state index >= 15 is 0 Å². The third kappa shape index (κ3) is 4.03. The van der Waals surface area contributed by atoms with Gasteiger partial charge in [-0.25, -0.2) is 9.99 Å². The van der Waals surface area contributed by atoms with Gasteiger partial charge >= 0.3 is 0 Å². The summed E-state index contributed by atoms with van der Waals surface area (Å²) in [6, 6.07) is 10.7. The third-order valence-electron chi connectivity index (χ3n) is 6.78. The van der Waals surface area contributed by atoms with Crippen LogP contribution in [0.5, 0.6) is 0 Å². The Morgan fingerprint density at radius 2 is 2.03 bits per heavy atom. The number of benzene rings is 1. The van der Waals surface area contributed by atoms with Gasteiger partial charge in [0.05, 0.1) is 40.4 Å². The summed E-state index contributed by atoms with van der Waals surface area (Å²) < 4.78 is 12.3. The summed E-state index contributed by atoms with van der Waals surface area (Å²) in [7, 11) is 0. The zero-order valence-electron chi connectivity index (χ0n) is 19.5. The molecular weight excluding hydrogens is 478 g/mol. The van der Waals surface area contributed by atoms with E-state index in [1.165, 1.54) is 29.5 Å². The fraction of sp³-hybridized carbons (Fsp3) is 0.231. The molecule has 2 aliphatic rings. The lowest BCUT2D eigenvalue weighted by Crippen LogP contribution is -2.36. The number of nitro benzene ring substituents is 1. The number of nitrogens with zero attached hydrogens (tertiary/aromatic N) is 5. The summed E-state index contributed by atoms with van der Waals surface area (Å²) in [6.07, 6.45) is 8.93. The van der Waals surface area contributed by atoms with Crippen molar-refractivity contribution in [2.24, 2.45) is 11.0 Å². The van der Waals surface area contributed by atoms with E-state index in [1.807, 2.05) is 24.3 Å². The Morgan fingerprint density at radius 3 is 2.78 bits per heavy atom. The molecule has 3 aromatic heterocycles. The third-order valence-corrected chi connectivity index (χ3v) is 6.78. The number of hydrogen-bond acceptors (Lipinski definition) is 8. The van der Waals surface area contributed by atoms with Gasteiger partial charge in [-0.1, -0.05) is 0 Å². The van der Waals surface area contributed by atoms with Crippen molar-refractivity contribution >= 4 is 34.3 Å². The molecule has 0 radical (unpaired) electrons. The lowest BCUT2D eigenvalue weighted by Gasteiger charge is -2.27. The van der Waals surface area contributed by atoms with Crippen LogP contribution in [0, 0.1) is 16.0 Å². The Kier molecular flexibility index (Phi) is 5.52. The number of aromatic nitrogens is 2. The minimum absolute atomic E-state index is 0.0668. The summed E-state index contributed by atoms with van der Waals surface area (Å²) in [4.78, 5) is 41.5. The number of carbonyl (C=O) groups is 1. The Bertz CT molecular complexity index is 1620. The van der Waals surface area contributed by atoms with Crippen molar-refractivity contribution < 1.29 is 18.6 Å². The number of furan rings is 2. The monoisotopic (exact) mass is 499 g/mol. The van der Waals surface area contributed by atoms with Gasteiger partial charge < -0.3 is 8.83 Å². The van der Waals surface area contributed by atoms with Gasteiger partial charge in [-0.15, -0.1) is 0 Å². The van der Waals surface area contributed by atoms with Crippen molar-refractivity contribution in [3.05, 3.63) is 98.9 Å². The Hall–Kier alpha value is -4.80. The first kappa shape index (κ1) is 22.7. The predicted octanol–water partition coefficient (Wildman–Crippen LogP) is 4.31. The summed E-state index contributed by atoms with van der Waals surface area (Å²) >= 11 is 0. The standard InChI is InChI=1S/C26H21N5O6/c32-23(14-29-15-27-21-9-8-17(31(34)35)13-20(21)26(29)33)30-25(22-7-3-11-37-22)19-6-1-4-16(24(19)28-30)12-18-5-2-10-36-18/h2-3,5,7-13,15,19,25H,1,4,6,14H2/b16-12+. The molecule has 1 saturated carbocycles. The molecule has 6 rings (SSSR count). The van der Waals surface area contributed by atoms with Crippen molar-refractivity contribution in [3.8, 4) is 0 Å². The number of nitro groups is 1. The maximum Gasteiger partial charge on any atom is 0.270 e. The van der Waals surface area contributed by atoms with Crippen LogP contribution in [0.15, 0.2) is 85.6 Å². The first-order valence-corrected chi connectivity index (χ1v) is 11.8. The summed E-state index contributed by atoms with van der Waals surface area (Å²) in [5.41, 5.74) is 1.35. The topological polar surface area (TPSA) is 137 Å². The van der Waals surface area contributed by atoms with Gasteiger partial charge in [-0.05, 0) is 61.2 Å². The maximum atomic E-state index is 13.6. The first-order chi connectivity index (χ1) is 18.0. The highest BCUT2D eigenvalue weighted by molar-refractivity contribution is 6.07. The van der Waals surface area contributed by atoms with Crippen molar-refractivity contribution in [1.29, 1.82) is 0 Å². The number of amides is 1. The molecule has 0 N–H and O–H groups in total. The number of hydrogen-bond donors (Lipinski definition) is 0. The van der Waals surface area contributed by atoms with Crippen LogP contribution in [0.3, 0.4) is 0 Å². The molecule has 4 heterocycles. The second-order valence-electron chi connectivity index (χ2n) is 9.00. The van der Waals surface area contributed by atoms with E-state index in [2.05, 4.69) is 4.98 Å². The van der Waals surface area contributed by atoms with Crippen LogP contribution in [0.4, 0.5) is 5.69 Å². The van der Waals surface area contributed by atoms with E-state index in [4.69, 9.17) is 13.9 Å². The molecule has 1 aliphatic carbocycles. The molecule has 0 spiro atoms. The van der Waals surface area contributed by atoms with Crippen molar-refractivity contribution in [2.45, 2.75) is 31.8 Å². The van der Waals surface area contributed by atoms with Gasteiger partial charge in [0, 0.05) is 18.1 Å². The molecule has 1 fully saturated rings. The zero-order chi connectivity index (χ0) is 25.5. The number of fused-ring (bicyclic) bond motifs is 2. The van der Waals surface area contributed by atoms with Gasteiger partial charge in [0.15, 0.2) is 0 Å². The molecule has 4 aromatic rings. The van der Waals surface area contributed by atoms with Crippen LogP contribution >= 0.6 is 0 Å². The predicted molar refractivity (Wildman–Crippen MR) is 132 cm³/mol. The maximum absolute atomic E-state index is 13.6. The van der Waals surface area contributed by atoms with E-state index in [9.17, 15) is 19.7 Å². The van der Waals surface area contributed by atoms with E-state index in [-0.39, 0.29) is 23.5 Å². The lowest BCUT2D eigenvalue weighted by atomic mass is 9.79. The Labute approximate surface area is 209 Å². The Balaban J connectivity index is 1.37. The second-order valence-corrected chi connectivity index (χ2v) is 9.00. The van der Waals surface area contributed by atoms with Gasteiger partial charge in [-0.2, -0.15) is 5.10 Å². The molecule has 11 heteroatoms. The number of rotatable bonds is 5. The molecule has 2 atom stereocenters. The van der Waals surface area contributed by atoms with E-state index < -0.39 is 22.4 Å². The SMILES string of the molecule is O=C(Cn1cnc2ccc([N+](=O)[O-])cc2c1=O)N1N=C2/C(=C/c3ccco3)CCCC2C1c1ccco1. The number of carbonyl (C=O) groups excluding carboxylic acids is 1. The van der Waals surface area contributed by atoms with Crippen molar-refractivity contribution in [1.82, 2.24) is 14.6 Å². The molecule has 2 unspecified atom stereocenters. The van der Waals surface area contributed by atoms with Crippen LogP contribution in [-0.4, -0.2) is 31.1 Å². The molecule has 0 bridgehead atoms. The minimum atomic E-state index is -0.578. The smallest absolute Gasteiger partial charge is 0.270 e. The first-order valence-electron chi connectivity index (χ1n) is 11.8. The second kappa shape index (κ2) is 9.01. The minimum Gasteiger partial charge on any atom is -0.467 e. The molecule has 1 aliphatic heterocycles. The van der Waals surface area contributed by atoms with Gasteiger partial charge in [-0.3, -0.25) is 24.3 Å². The van der Waals surface area contributed by atoms with Crippen LogP contribution in [0.2, 0.25) is 0 Å². The van der Waals surface area contributed by atoms with Crippen LogP contribution in [-0.2, 0) is 11.3 Å². The molecular formula is C26H21N5O6. The average Bonchev–Trinajstić information content (AvgIpc) is 3.67. The molecule has 1 amide bonds. The average molecular weight is 499 g/mol. The van der Waals surface area contributed by atoms with Crippen LogP contribution in [0.1, 0.15) is 36.8 Å². The van der Waals surface area contributed by atoms with E-state index in [0.29, 0.717) is 17.0 Å². The lowest BCUT2D eigenvalue weighted by molar-refractivity contribution is -0.384. The molecule has 11 nitrogen and oxygen atoms in total. The zero-order valence-corrected chi connectivity index (χ0v) is 19.5. The molecule has 186 valence electrons.